The number of carbonyl (C=O) groups excluding carboxylic acids is 1. The molecule has 0 aromatic heterocycles. The molecule has 1 saturated heterocycles. The Morgan fingerprint density at radius 3 is 2.68 bits per heavy atom. The van der Waals surface area contributed by atoms with E-state index in [-0.39, 0.29) is 12.0 Å². The van der Waals surface area contributed by atoms with E-state index in [4.69, 9.17) is 4.74 Å². The molecule has 0 aliphatic carbocycles. The molecule has 1 N–H and O–H groups in total. The number of hydrogen-bond donors (Lipinski definition) is 1. The molecule has 4 heteroatoms. The number of nitrogens with one attached hydrogen (secondary N) is 1. The van der Waals surface area contributed by atoms with E-state index in [0.717, 1.165) is 24.3 Å². The molecule has 3 rings (SSSR count). The highest BCUT2D eigenvalue weighted by atomic mass is 16.5. The van der Waals surface area contributed by atoms with E-state index in [1.807, 2.05) is 30.3 Å². The second kappa shape index (κ2) is 6.62. The van der Waals surface area contributed by atoms with Crippen LogP contribution in [-0.4, -0.2) is 38.8 Å². The van der Waals surface area contributed by atoms with Crippen molar-refractivity contribution in [1.29, 1.82) is 0 Å². The lowest BCUT2D eigenvalue weighted by Crippen LogP contribution is -2.55. The van der Waals surface area contributed by atoms with Gasteiger partial charge in [-0.2, -0.15) is 0 Å². The summed E-state index contributed by atoms with van der Waals surface area (Å²) in [5, 5.41) is 3.25. The van der Waals surface area contributed by atoms with Crippen molar-refractivity contribution in [1.82, 2.24) is 5.32 Å². The van der Waals surface area contributed by atoms with E-state index >= 15 is 0 Å². The van der Waals surface area contributed by atoms with Gasteiger partial charge in [0.2, 0.25) is 0 Å². The molecule has 2 aromatic rings. The second-order valence-electron chi connectivity index (χ2n) is 5.35. The van der Waals surface area contributed by atoms with Crippen molar-refractivity contribution in [2.45, 2.75) is 6.04 Å². The molecule has 0 amide bonds. The number of methoxy groups -OCH3 is 1. The maximum atomic E-state index is 12.0. The van der Waals surface area contributed by atoms with Crippen LogP contribution in [0.5, 0.6) is 0 Å². The summed E-state index contributed by atoms with van der Waals surface area (Å²) >= 11 is 0. The van der Waals surface area contributed by atoms with Crippen molar-refractivity contribution >= 4 is 11.7 Å². The van der Waals surface area contributed by atoms with Gasteiger partial charge >= 0.3 is 5.97 Å². The van der Waals surface area contributed by atoms with Crippen molar-refractivity contribution in [2.24, 2.45) is 0 Å². The molecule has 4 nitrogen and oxygen atoms in total. The third-order valence-corrected chi connectivity index (χ3v) is 4.00. The fourth-order valence-corrected chi connectivity index (χ4v) is 2.85. The van der Waals surface area contributed by atoms with E-state index in [9.17, 15) is 4.79 Å². The molecule has 1 fully saturated rings. The van der Waals surface area contributed by atoms with Crippen LogP contribution in [0.1, 0.15) is 0 Å². The molecular weight excluding hydrogens is 276 g/mol. The van der Waals surface area contributed by atoms with Gasteiger partial charge < -0.3 is 15.0 Å². The topological polar surface area (TPSA) is 41.6 Å². The van der Waals surface area contributed by atoms with Crippen molar-refractivity contribution in [3.05, 3.63) is 54.6 Å². The zero-order chi connectivity index (χ0) is 15.4. The number of anilines is 1. The van der Waals surface area contributed by atoms with E-state index in [0.29, 0.717) is 6.54 Å². The van der Waals surface area contributed by atoms with Crippen LogP contribution in [0.4, 0.5) is 5.69 Å². The minimum Gasteiger partial charge on any atom is -0.467 e. The van der Waals surface area contributed by atoms with Crippen molar-refractivity contribution in [3.63, 3.8) is 0 Å². The summed E-state index contributed by atoms with van der Waals surface area (Å²) < 4.78 is 4.94. The molecule has 1 aliphatic heterocycles. The molecular formula is C18H20N2O2. The van der Waals surface area contributed by atoms with Gasteiger partial charge in [0.15, 0.2) is 0 Å². The van der Waals surface area contributed by atoms with Crippen LogP contribution in [0.3, 0.4) is 0 Å². The number of carbonyl (C=O) groups is 1. The Bertz CT molecular complexity index is 643. The highest BCUT2D eigenvalue weighted by Crippen LogP contribution is 2.26. The molecule has 22 heavy (non-hydrogen) atoms. The number of esters is 1. The number of nitrogens with zero attached hydrogens (tertiary/aromatic N) is 1. The van der Waals surface area contributed by atoms with Gasteiger partial charge in [0.05, 0.1) is 7.11 Å². The summed E-state index contributed by atoms with van der Waals surface area (Å²) in [5.74, 6) is -0.197. The van der Waals surface area contributed by atoms with Gasteiger partial charge in [-0.3, -0.25) is 0 Å². The molecule has 0 saturated carbocycles. The Balaban J connectivity index is 1.92. The molecule has 2 aromatic carbocycles. The first-order valence-electron chi connectivity index (χ1n) is 7.50. The molecule has 0 radical (unpaired) electrons. The SMILES string of the molecule is COC(=O)C1CNCCN1c1cccc(-c2ccccc2)c1. The quantitative estimate of drug-likeness (QED) is 0.883. The maximum absolute atomic E-state index is 12.0. The summed E-state index contributed by atoms with van der Waals surface area (Å²) in [6.07, 6.45) is 0. The highest BCUT2D eigenvalue weighted by molar-refractivity contribution is 5.81. The number of hydrogen-bond acceptors (Lipinski definition) is 4. The summed E-state index contributed by atoms with van der Waals surface area (Å²) in [6.45, 7) is 2.27. The Kier molecular flexibility index (Phi) is 4.39. The summed E-state index contributed by atoms with van der Waals surface area (Å²) in [4.78, 5) is 14.1. The number of rotatable bonds is 3. The molecule has 1 unspecified atom stereocenters. The van der Waals surface area contributed by atoms with Crippen LogP contribution in [0.2, 0.25) is 0 Å². The Morgan fingerprint density at radius 1 is 1.14 bits per heavy atom. The predicted molar refractivity (Wildman–Crippen MR) is 87.9 cm³/mol. The highest BCUT2D eigenvalue weighted by Gasteiger charge is 2.29. The van der Waals surface area contributed by atoms with Gasteiger partial charge in [0.1, 0.15) is 6.04 Å². The third-order valence-electron chi connectivity index (χ3n) is 4.00. The monoisotopic (exact) mass is 296 g/mol. The van der Waals surface area contributed by atoms with Gasteiger partial charge in [-0.25, -0.2) is 4.79 Å². The fourth-order valence-electron chi connectivity index (χ4n) is 2.85. The zero-order valence-corrected chi connectivity index (χ0v) is 12.7. The first-order chi connectivity index (χ1) is 10.8. The first-order valence-corrected chi connectivity index (χ1v) is 7.50. The van der Waals surface area contributed by atoms with Gasteiger partial charge in [0.25, 0.3) is 0 Å². The van der Waals surface area contributed by atoms with E-state index < -0.39 is 0 Å². The van der Waals surface area contributed by atoms with E-state index in [1.54, 1.807) is 0 Å². The third kappa shape index (κ3) is 2.97. The molecule has 1 heterocycles. The molecule has 1 atom stereocenters. The minimum atomic E-state index is -0.273. The number of piperazine rings is 1. The lowest BCUT2D eigenvalue weighted by atomic mass is 10.0. The Morgan fingerprint density at radius 2 is 1.91 bits per heavy atom. The van der Waals surface area contributed by atoms with Crippen LogP contribution >= 0.6 is 0 Å². The second-order valence-corrected chi connectivity index (χ2v) is 5.35. The summed E-state index contributed by atoms with van der Waals surface area (Å²) in [5.41, 5.74) is 3.38. The number of ether oxygens (including phenoxy) is 1. The van der Waals surface area contributed by atoms with Gasteiger partial charge in [-0.15, -0.1) is 0 Å². The van der Waals surface area contributed by atoms with Crippen molar-refractivity contribution in [3.8, 4) is 11.1 Å². The first kappa shape index (κ1) is 14.6. The Labute approximate surface area is 130 Å². The van der Waals surface area contributed by atoms with E-state index in [1.165, 1.54) is 12.7 Å². The van der Waals surface area contributed by atoms with Gasteiger partial charge in [-0.1, -0.05) is 42.5 Å². The van der Waals surface area contributed by atoms with Gasteiger partial charge in [-0.05, 0) is 23.3 Å². The smallest absolute Gasteiger partial charge is 0.329 e. The Hall–Kier alpha value is -2.33. The van der Waals surface area contributed by atoms with Crippen LogP contribution in [0.25, 0.3) is 11.1 Å². The summed E-state index contributed by atoms with van der Waals surface area (Å²) in [6, 6.07) is 18.3. The van der Waals surface area contributed by atoms with Crippen LogP contribution in [0, 0.1) is 0 Å². The van der Waals surface area contributed by atoms with Crippen molar-refractivity contribution < 1.29 is 9.53 Å². The lowest BCUT2D eigenvalue weighted by molar-refractivity contribution is -0.142. The van der Waals surface area contributed by atoms with Crippen LogP contribution in [-0.2, 0) is 9.53 Å². The predicted octanol–water partition coefficient (Wildman–Crippen LogP) is 2.30. The molecule has 1 aliphatic rings. The van der Waals surface area contributed by atoms with Gasteiger partial charge in [0, 0.05) is 25.3 Å². The fraction of sp³-hybridized carbons (Fsp3) is 0.278. The number of benzene rings is 2. The van der Waals surface area contributed by atoms with Crippen molar-refractivity contribution in [2.75, 3.05) is 31.6 Å². The largest absolute Gasteiger partial charge is 0.467 e. The normalized spacial score (nSPS) is 18.0. The maximum Gasteiger partial charge on any atom is 0.329 e. The van der Waals surface area contributed by atoms with E-state index in [2.05, 4.69) is 34.5 Å². The van der Waals surface area contributed by atoms with Crippen LogP contribution in [0.15, 0.2) is 54.6 Å². The van der Waals surface area contributed by atoms with Crippen LogP contribution < -0.4 is 10.2 Å². The lowest BCUT2D eigenvalue weighted by Gasteiger charge is -2.36. The minimum absolute atomic E-state index is 0.197. The average molecular weight is 296 g/mol. The molecule has 114 valence electrons. The molecule has 0 bridgehead atoms. The summed E-state index contributed by atoms with van der Waals surface area (Å²) in [7, 11) is 1.44. The standard InChI is InChI=1S/C18H20N2O2/c1-22-18(21)17-13-19-10-11-20(17)16-9-5-8-15(12-16)14-6-3-2-4-7-14/h2-9,12,17,19H,10-11,13H2,1H3. The average Bonchev–Trinajstić information content (AvgIpc) is 2.62. The molecule has 0 spiro atoms. The zero-order valence-electron chi connectivity index (χ0n) is 12.7.